The number of hydrogen-bond donors (Lipinski definition) is 0. The molecule has 294 valence electrons. The van der Waals surface area contributed by atoms with Crippen LogP contribution in [-0.2, 0) is 32.7 Å². The standard InChI is InChI=1S/3C14H26N3.Y/c3*1-3-17(2)14(15-12-8-4-5-9-12)16-13-10-6-7-11-13;/h3*12-13H,3-11H2,1-2H3;/q3*-1;+3. The predicted octanol–water partition coefficient (Wildman–Crippen LogP) is 10.7. The molecule has 0 aromatic heterocycles. The summed E-state index contributed by atoms with van der Waals surface area (Å²) in [6, 6.07) is 3.27. The molecule has 0 amide bonds. The van der Waals surface area contributed by atoms with Gasteiger partial charge < -0.3 is 45.6 Å². The van der Waals surface area contributed by atoms with E-state index in [1.165, 1.54) is 154 Å². The van der Waals surface area contributed by atoms with Crippen LogP contribution in [-0.4, -0.2) is 110 Å². The molecule has 0 aliphatic heterocycles. The molecule has 0 atom stereocenters. The number of aliphatic imine (C=N–C) groups is 3. The van der Waals surface area contributed by atoms with Crippen LogP contribution in [0.5, 0.6) is 0 Å². The molecule has 52 heavy (non-hydrogen) atoms. The molecule has 6 rings (SSSR count). The summed E-state index contributed by atoms with van der Waals surface area (Å²) in [6.07, 6.45) is 31.4. The molecule has 0 aromatic carbocycles. The van der Waals surface area contributed by atoms with Crippen molar-refractivity contribution >= 4 is 17.9 Å². The van der Waals surface area contributed by atoms with Crippen molar-refractivity contribution in [1.82, 2.24) is 14.7 Å². The summed E-state index contributed by atoms with van der Waals surface area (Å²) in [5, 5.41) is 14.7. The monoisotopic (exact) mass is 798 g/mol. The summed E-state index contributed by atoms with van der Waals surface area (Å²) in [5.41, 5.74) is 0. The average Bonchev–Trinajstić information content (AvgIpc) is 4.00. The second-order valence-electron chi connectivity index (χ2n) is 16.3. The molecule has 6 fully saturated rings. The molecule has 0 spiro atoms. The van der Waals surface area contributed by atoms with Gasteiger partial charge >= 0.3 is 32.7 Å². The summed E-state index contributed by atoms with van der Waals surface area (Å²) in [7, 11) is 6.35. The van der Waals surface area contributed by atoms with Gasteiger partial charge in [0.05, 0.1) is 0 Å². The van der Waals surface area contributed by atoms with Gasteiger partial charge in [-0.2, -0.15) is 0 Å². The van der Waals surface area contributed by atoms with Gasteiger partial charge in [-0.05, 0) is 154 Å². The molecule has 9 nitrogen and oxygen atoms in total. The minimum absolute atomic E-state index is 0. The van der Waals surface area contributed by atoms with E-state index in [1.54, 1.807) is 0 Å². The second-order valence-corrected chi connectivity index (χ2v) is 16.3. The Balaban J connectivity index is 0.000000208. The first kappa shape index (κ1) is 45.3. The average molecular weight is 798 g/mol. The van der Waals surface area contributed by atoms with Crippen LogP contribution in [0.25, 0.3) is 16.0 Å². The summed E-state index contributed by atoms with van der Waals surface area (Å²) >= 11 is 0. The van der Waals surface area contributed by atoms with E-state index < -0.39 is 0 Å². The van der Waals surface area contributed by atoms with Crippen molar-refractivity contribution in [3.05, 3.63) is 16.0 Å². The number of hydrogen-bond acceptors (Lipinski definition) is 3. The third-order valence-electron chi connectivity index (χ3n) is 12.2. The van der Waals surface area contributed by atoms with Gasteiger partial charge in [-0.25, -0.2) is 0 Å². The molecular weight excluding hydrogens is 719 g/mol. The van der Waals surface area contributed by atoms with Crippen LogP contribution in [0.2, 0.25) is 0 Å². The van der Waals surface area contributed by atoms with Gasteiger partial charge in [0.15, 0.2) is 0 Å². The molecule has 6 saturated carbocycles. The van der Waals surface area contributed by atoms with Crippen LogP contribution < -0.4 is 0 Å². The molecular formula is C42H78N9Y. The van der Waals surface area contributed by atoms with E-state index in [0.29, 0.717) is 36.3 Å². The largest absolute Gasteiger partial charge is 3.00 e. The zero-order chi connectivity index (χ0) is 36.3. The fraction of sp³-hybridized carbons (Fsp3) is 0.929. The van der Waals surface area contributed by atoms with E-state index in [1.807, 2.05) is 0 Å². The molecule has 0 radical (unpaired) electrons. The van der Waals surface area contributed by atoms with E-state index >= 15 is 0 Å². The summed E-state index contributed by atoms with van der Waals surface area (Å²) in [4.78, 5) is 21.3. The Morgan fingerprint density at radius 3 is 0.769 bits per heavy atom. The minimum atomic E-state index is 0. The number of nitrogens with zero attached hydrogens (tertiary/aromatic N) is 9. The van der Waals surface area contributed by atoms with Crippen molar-refractivity contribution in [3.63, 3.8) is 0 Å². The molecule has 0 heterocycles. The van der Waals surface area contributed by atoms with Gasteiger partial charge in [0.1, 0.15) is 0 Å². The molecule has 6 aliphatic rings. The van der Waals surface area contributed by atoms with Crippen molar-refractivity contribution in [2.45, 2.75) is 211 Å². The summed E-state index contributed by atoms with van der Waals surface area (Å²) < 4.78 is 0. The van der Waals surface area contributed by atoms with E-state index in [-0.39, 0.29) is 32.7 Å². The first-order valence-electron chi connectivity index (χ1n) is 21.9. The van der Waals surface area contributed by atoms with E-state index in [9.17, 15) is 0 Å². The summed E-state index contributed by atoms with van der Waals surface area (Å²) in [6.45, 7) is 9.53. The Kier molecular flexibility index (Phi) is 22.6. The Morgan fingerprint density at radius 2 is 0.577 bits per heavy atom. The molecule has 0 aromatic rings. The van der Waals surface area contributed by atoms with Gasteiger partial charge in [0.2, 0.25) is 0 Å². The minimum Gasteiger partial charge on any atom is -0.430 e. The maximum Gasteiger partial charge on any atom is 3.00 e. The van der Waals surface area contributed by atoms with Gasteiger partial charge in [-0.1, -0.05) is 97.8 Å². The Morgan fingerprint density at radius 1 is 0.385 bits per heavy atom. The zero-order valence-corrected chi connectivity index (χ0v) is 37.5. The number of rotatable bonds is 9. The Hall–Kier alpha value is -1.09. The quantitative estimate of drug-likeness (QED) is 0.172. The van der Waals surface area contributed by atoms with E-state index in [0.717, 1.165) is 37.5 Å². The van der Waals surface area contributed by atoms with Gasteiger partial charge in [-0.15, -0.1) is 0 Å². The first-order chi connectivity index (χ1) is 24.9. The van der Waals surface area contributed by atoms with Crippen LogP contribution in [0.4, 0.5) is 0 Å². The first-order valence-corrected chi connectivity index (χ1v) is 21.9. The molecule has 10 heteroatoms. The van der Waals surface area contributed by atoms with Crippen LogP contribution >= 0.6 is 0 Å². The zero-order valence-electron chi connectivity index (χ0n) is 34.7. The third kappa shape index (κ3) is 16.3. The maximum absolute atomic E-state index is 4.89. The van der Waals surface area contributed by atoms with Crippen molar-refractivity contribution in [2.24, 2.45) is 15.0 Å². The Labute approximate surface area is 346 Å². The van der Waals surface area contributed by atoms with Crippen LogP contribution in [0, 0.1) is 0 Å². The molecule has 0 bridgehead atoms. The topological polar surface area (TPSA) is 89.1 Å². The molecule has 0 saturated heterocycles. The van der Waals surface area contributed by atoms with Crippen LogP contribution in [0.15, 0.2) is 15.0 Å². The number of guanidine groups is 3. The molecule has 0 unspecified atom stereocenters. The second kappa shape index (κ2) is 25.9. The SMILES string of the molecule is CCN(C)C(=NC1CCCC1)[N-]C1CCCC1.CCN(C)C(=NC1CCCC1)[N-]C1CCCC1.CCN(C)C(=NC1CCCC1)[N-]C1CCCC1.[Y+3]. The van der Waals surface area contributed by atoms with Gasteiger partial charge in [-0.3, -0.25) is 0 Å². The normalized spacial score (nSPS) is 22.8. The predicted molar refractivity (Wildman–Crippen MR) is 221 cm³/mol. The van der Waals surface area contributed by atoms with Crippen molar-refractivity contribution in [1.29, 1.82) is 0 Å². The van der Waals surface area contributed by atoms with Crippen molar-refractivity contribution in [2.75, 3.05) is 40.8 Å². The van der Waals surface area contributed by atoms with E-state index in [4.69, 9.17) is 30.9 Å². The van der Waals surface area contributed by atoms with Crippen molar-refractivity contribution < 1.29 is 32.7 Å². The third-order valence-corrected chi connectivity index (χ3v) is 12.2. The Bertz CT molecular complexity index is 886. The fourth-order valence-corrected chi connectivity index (χ4v) is 8.30. The smallest absolute Gasteiger partial charge is 0.430 e. The summed E-state index contributed by atoms with van der Waals surface area (Å²) in [5.74, 6) is 3.06. The van der Waals surface area contributed by atoms with E-state index in [2.05, 4.69) is 56.6 Å². The fourth-order valence-electron chi connectivity index (χ4n) is 8.30. The molecule has 6 aliphatic carbocycles. The maximum atomic E-state index is 4.89. The molecule has 0 N–H and O–H groups in total. The van der Waals surface area contributed by atoms with Crippen molar-refractivity contribution in [3.8, 4) is 0 Å². The van der Waals surface area contributed by atoms with Gasteiger partial charge in [0, 0.05) is 17.9 Å². The van der Waals surface area contributed by atoms with Crippen LogP contribution in [0.1, 0.15) is 175 Å². The van der Waals surface area contributed by atoms with Gasteiger partial charge in [0.25, 0.3) is 0 Å². The van der Waals surface area contributed by atoms with Crippen LogP contribution in [0.3, 0.4) is 0 Å².